The minimum atomic E-state index is -9.16. The molecule has 0 radical (unpaired) electrons. The Hall–Kier alpha value is -1.76. The lowest BCUT2D eigenvalue weighted by atomic mass is 9.96. The van der Waals surface area contributed by atoms with E-state index in [9.17, 15) is 105 Å². The Morgan fingerprint density at radius 3 is 0.789 bits per heavy atom. The highest BCUT2D eigenvalue weighted by atomic mass is 19.4. The Morgan fingerprint density at radius 2 is 0.579 bits per heavy atom. The molecule has 38 heavy (non-hydrogen) atoms. The van der Waals surface area contributed by atoms with Crippen molar-refractivity contribution in [1.82, 2.24) is 0 Å². The lowest BCUT2D eigenvalue weighted by Crippen LogP contribution is -2.73. The molecule has 0 N–H and O–H groups in total. The summed E-state index contributed by atoms with van der Waals surface area (Å²) in [5, 5.41) is 0. The van der Waals surface area contributed by atoms with Crippen LogP contribution in [-0.2, 0) is 9.47 Å². The van der Waals surface area contributed by atoms with Crippen LogP contribution in [0, 0.1) is 0 Å². The van der Waals surface area contributed by atoms with Crippen molar-refractivity contribution >= 4 is 0 Å². The smallest absolute Gasteiger partial charge is 0.268 e. The van der Waals surface area contributed by atoms with Crippen LogP contribution in [0.5, 0.6) is 0 Å². The number of alkyl halides is 24. The molecule has 0 bridgehead atoms. The van der Waals surface area contributed by atoms with Gasteiger partial charge in [0.2, 0.25) is 0 Å². The molecule has 26 heteroatoms. The maximum Gasteiger partial charge on any atom is 0.458 e. The number of ether oxygens (including phenoxy) is 2. The largest absolute Gasteiger partial charge is 0.458 e. The quantitative estimate of drug-likeness (QED) is 0.217. The first-order valence-electron chi connectivity index (χ1n) is 7.80. The van der Waals surface area contributed by atoms with E-state index >= 15 is 0 Å². The minimum Gasteiger partial charge on any atom is -0.268 e. The Labute approximate surface area is 189 Å². The van der Waals surface area contributed by atoms with Gasteiger partial charge in [-0.2, -0.15) is 87.8 Å². The van der Waals surface area contributed by atoms with Crippen LogP contribution < -0.4 is 0 Å². The maximum absolute atomic E-state index is 13.4. The van der Waals surface area contributed by atoms with Crippen LogP contribution in [0.1, 0.15) is 0 Å². The van der Waals surface area contributed by atoms with Crippen molar-refractivity contribution in [2.75, 3.05) is 0 Å². The second-order valence-corrected chi connectivity index (χ2v) is 6.43. The van der Waals surface area contributed by atoms with Crippen molar-refractivity contribution in [3.8, 4) is 0 Å². The van der Waals surface area contributed by atoms with Gasteiger partial charge >= 0.3 is 72.8 Å². The minimum absolute atomic E-state index is 0.907. The van der Waals surface area contributed by atoms with Crippen LogP contribution in [0.25, 0.3) is 0 Å². The molecule has 0 atom stereocenters. The van der Waals surface area contributed by atoms with E-state index in [4.69, 9.17) is 0 Å². The highest BCUT2D eigenvalue weighted by molar-refractivity contribution is 5.09. The van der Waals surface area contributed by atoms with E-state index in [-0.39, 0.29) is 0 Å². The van der Waals surface area contributed by atoms with E-state index in [2.05, 4.69) is 0 Å². The second-order valence-electron chi connectivity index (χ2n) is 6.43. The van der Waals surface area contributed by atoms with Crippen LogP contribution >= 0.6 is 0 Å². The van der Waals surface area contributed by atoms with Crippen LogP contribution in [0.15, 0.2) is 0 Å². The molecule has 0 aromatic carbocycles. The Balaban J connectivity index is 6.89. The number of rotatable bonds is 11. The van der Waals surface area contributed by atoms with Crippen molar-refractivity contribution in [3.05, 3.63) is 0 Å². The van der Waals surface area contributed by atoms with E-state index in [1.807, 2.05) is 0 Å². The van der Waals surface area contributed by atoms with Gasteiger partial charge in [0.05, 0.1) is 0 Å². The van der Waals surface area contributed by atoms with Crippen LogP contribution in [0.3, 0.4) is 0 Å². The van der Waals surface area contributed by atoms with Crippen molar-refractivity contribution in [1.29, 1.82) is 0 Å². The highest BCUT2D eigenvalue weighted by Crippen LogP contribution is 2.62. The fraction of sp³-hybridized carbons (Fsp3) is 1.00. The molecule has 0 saturated heterocycles. The first-order valence-corrected chi connectivity index (χ1v) is 7.80. The lowest BCUT2D eigenvalue weighted by Gasteiger charge is -2.42. The molecule has 0 unspecified atom stereocenters. The number of hydrogen-bond donors (Lipinski definition) is 0. The topological polar surface area (TPSA) is 18.5 Å². The SMILES string of the molecule is FC(F)C(F)(OC(F)(F)C(F)(F)C(F)(F)C(F)(F)C(F)(F)C(F)(F)OC(F)(C(F)(F)F)C(F)(F)F)C(F)F. The summed E-state index contributed by atoms with van der Waals surface area (Å²) in [6.45, 7) is 0. The van der Waals surface area contributed by atoms with Gasteiger partial charge < -0.3 is 0 Å². The van der Waals surface area contributed by atoms with Gasteiger partial charge in [-0.05, 0) is 0 Å². The number of halogens is 24. The molecule has 0 amide bonds. The van der Waals surface area contributed by atoms with Crippen LogP contribution in [-0.4, -0.2) is 72.8 Å². The molecule has 230 valence electrons. The molecule has 0 saturated carbocycles. The Kier molecular flexibility index (Phi) is 8.98. The first kappa shape index (κ1) is 36.2. The summed E-state index contributed by atoms with van der Waals surface area (Å²) in [6.07, 6.45) is -44.5. The molecule has 0 heterocycles. The van der Waals surface area contributed by atoms with Gasteiger partial charge in [-0.3, -0.25) is 9.47 Å². The standard InChI is InChI=1S/C12H2F24O2/c13-1(14)3(17,2(15)16)37-11(33,34)6(22,23)4(18,19)5(20,21)7(24,25)12(35,36)38-8(26,9(27,28)29)10(30,31)32/h1-2H. The summed E-state index contributed by atoms with van der Waals surface area (Å²) >= 11 is 0. The first-order chi connectivity index (χ1) is 16.1. The highest BCUT2D eigenvalue weighted by Gasteiger charge is 2.93. The average molecular weight is 634 g/mol. The second kappa shape index (κ2) is 9.42. The zero-order chi connectivity index (χ0) is 31.6. The van der Waals surface area contributed by atoms with Gasteiger partial charge in [-0.15, -0.1) is 0 Å². The molecule has 0 fully saturated rings. The molecule has 0 rings (SSSR count). The van der Waals surface area contributed by atoms with Gasteiger partial charge in [-0.25, -0.2) is 17.6 Å². The molecule has 2 nitrogen and oxygen atoms in total. The van der Waals surface area contributed by atoms with E-state index < -0.39 is 72.8 Å². The predicted octanol–water partition coefficient (Wildman–Crippen LogP) is 7.73. The molecule has 0 aromatic rings. The molecule has 0 spiro atoms. The molecular weight excluding hydrogens is 632 g/mol. The van der Waals surface area contributed by atoms with Gasteiger partial charge in [0, 0.05) is 0 Å². The number of hydrogen-bond acceptors (Lipinski definition) is 2. The van der Waals surface area contributed by atoms with Crippen molar-refractivity contribution < 1.29 is 115 Å². The molecular formula is C12H2F24O2. The molecule has 0 aliphatic rings. The normalized spacial score (nSPS) is 16.6. The van der Waals surface area contributed by atoms with E-state index in [1.165, 1.54) is 4.74 Å². The zero-order valence-corrected chi connectivity index (χ0v) is 16.0. The summed E-state index contributed by atoms with van der Waals surface area (Å²) in [7, 11) is 0. The molecule has 0 aliphatic carbocycles. The van der Waals surface area contributed by atoms with Crippen LogP contribution in [0.2, 0.25) is 0 Å². The van der Waals surface area contributed by atoms with Gasteiger partial charge in [0.15, 0.2) is 0 Å². The third-order valence-corrected chi connectivity index (χ3v) is 3.79. The zero-order valence-electron chi connectivity index (χ0n) is 16.0. The summed E-state index contributed by atoms with van der Waals surface area (Å²) in [6, 6.07) is 0. The fourth-order valence-corrected chi connectivity index (χ4v) is 1.72. The summed E-state index contributed by atoms with van der Waals surface area (Å²) in [5.41, 5.74) is 0. The van der Waals surface area contributed by atoms with Crippen molar-refractivity contribution in [3.63, 3.8) is 0 Å². The monoisotopic (exact) mass is 634 g/mol. The molecule has 0 aromatic heterocycles. The predicted molar refractivity (Wildman–Crippen MR) is 63.6 cm³/mol. The van der Waals surface area contributed by atoms with E-state index in [0.29, 0.717) is 0 Å². The Morgan fingerprint density at radius 1 is 0.342 bits per heavy atom. The average Bonchev–Trinajstić information content (AvgIpc) is 2.64. The lowest BCUT2D eigenvalue weighted by molar-refractivity contribution is -0.532. The molecule has 0 aliphatic heterocycles. The summed E-state index contributed by atoms with van der Waals surface area (Å²) in [4.78, 5) is 0. The van der Waals surface area contributed by atoms with E-state index in [0.717, 1.165) is 4.74 Å². The Bertz CT molecular complexity index is 799. The van der Waals surface area contributed by atoms with Crippen LogP contribution in [0.4, 0.5) is 105 Å². The van der Waals surface area contributed by atoms with E-state index in [1.54, 1.807) is 0 Å². The van der Waals surface area contributed by atoms with Crippen molar-refractivity contribution in [2.45, 2.75) is 72.8 Å². The third kappa shape index (κ3) is 5.21. The maximum atomic E-state index is 13.4. The summed E-state index contributed by atoms with van der Waals surface area (Å²) < 4.78 is 310. The van der Waals surface area contributed by atoms with Gasteiger partial charge in [0.1, 0.15) is 0 Å². The van der Waals surface area contributed by atoms with Crippen molar-refractivity contribution in [2.24, 2.45) is 0 Å². The van der Waals surface area contributed by atoms with Gasteiger partial charge in [-0.1, -0.05) is 0 Å². The fourth-order valence-electron chi connectivity index (χ4n) is 1.72. The third-order valence-electron chi connectivity index (χ3n) is 3.79. The van der Waals surface area contributed by atoms with Gasteiger partial charge in [0.25, 0.3) is 0 Å². The summed E-state index contributed by atoms with van der Waals surface area (Å²) in [5.74, 6) is -51.1.